The first-order chi connectivity index (χ1) is 13.8. The van der Waals surface area contributed by atoms with Crippen LogP contribution in [0, 0.1) is 0 Å². The summed E-state index contributed by atoms with van der Waals surface area (Å²) in [4.78, 5) is 16.5. The van der Waals surface area contributed by atoms with Crippen molar-refractivity contribution in [2.24, 2.45) is 0 Å². The smallest absolute Gasteiger partial charge is 0.417 e. The summed E-state index contributed by atoms with van der Waals surface area (Å²) in [6, 6.07) is 9.01. The van der Waals surface area contributed by atoms with E-state index >= 15 is 0 Å². The SMILES string of the molecule is O=C(NCc1cc(Cl)c2c(c1)OCCO2)c1cnc2ccccc2c1C(F)(F)F. The molecule has 0 fully saturated rings. The van der Waals surface area contributed by atoms with Gasteiger partial charge in [-0.2, -0.15) is 13.2 Å². The van der Waals surface area contributed by atoms with Crippen molar-refractivity contribution in [3.8, 4) is 11.5 Å². The second-order valence-electron chi connectivity index (χ2n) is 6.35. The Balaban J connectivity index is 1.63. The lowest BCUT2D eigenvalue weighted by atomic mass is 10.0. The number of rotatable bonds is 3. The molecule has 150 valence electrons. The Morgan fingerprint density at radius 2 is 1.93 bits per heavy atom. The number of hydrogen-bond acceptors (Lipinski definition) is 4. The second-order valence-corrected chi connectivity index (χ2v) is 6.75. The fourth-order valence-corrected chi connectivity index (χ4v) is 3.45. The third-order valence-corrected chi connectivity index (χ3v) is 4.69. The average Bonchev–Trinajstić information content (AvgIpc) is 2.70. The van der Waals surface area contributed by atoms with Crippen molar-refractivity contribution in [1.29, 1.82) is 0 Å². The number of nitrogens with zero attached hydrogens (tertiary/aromatic N) is 1. The molecule has 0 aliphatic carbocycles. The van der Waals surface area contributed by atoms with Crippen LogP contribution in [0.15, 0.2) is 42.6 Å². The van der Waals surface area contributed by atoms with Crippen molar-refractivity contribution >= 4 is 28.4 Å². The van der Waals surface area contributed by atoms with Gasteiger partial charge in [-0.15, -0.1) is 0 Å². The molecule has 29 heavy (non-hydrogen) atoms. The predicted octanol–water partition coefficient (Wildman–Crippen LogP) is 4.61. The van der Waals surface area contributed by atoms with Crippen LogP contribution >= 0.6 is 11.6 Å². The van der Waals surface area contributed by atoms with Crippen molar-refractivity contribution in [2.45, 2.75) is 12.7 Å². The first-order valence-electron chi connectivity index (χ1n) is 8.66. The molecule has 4 rings (SSSR count). The molecule has 0 unspecified atom stereocenters. The number of alkyl halides is 3. The van der Waals surface area contributed by atoms with Gasteiger partial charge in [-0.05, 0) is 23.8 Å². The number of nitrogens with one attached hydrogen (secondary N) is 1. The minimum Gasteiger partial charge on any atom is -0.486 e. The lowest BCUT2D eigenvalue weighted by Crippen LogP contribution is -2.26. The van der Waals surface area contributed by atoms with Gasteiger partial charge < -0.3 is 14.8 Å². The Morgan fingerprint density at radius 1 is 1.17 bits per heavy atom. The van der Waals surface area contributed by atoms with E-state index in [-0.39, 0.29) is 17.4 Å². The zero-order valence-corrected chi connectivity index (χ0v) is 15.6. The number of fused-ring (bicyclic) bond motifs is 2. The largest absolute Gasteiger partial charge is 0.486 e. The molecule has 1 N–H and O–H groups in total. The summed E-state index contributed by atoms with van der Waals surface area (Å²) in [5.41, 5.74) is -0.828. The fourth-order valence-electron chi connectivity index (χ4n) is 3.16. The summed E-state index contributed by atoms with van der Waals surface area (Å²) in [5, 5.41) is 2.66. The maximum absolute atomic E-state index is 13.7. The van der Waals surface area contributed by atoms with E-state index < -0.39 is 23.2 Å². The minimum absolute atomic E-state index is 0.0423. The number of para-hydroxylation sites is 1. The third-order valence-electron chi connectivity index (χ3n) is 4.41. The molecule has 1 aliphatic heterocycles. The van der Waals surface area contributed by atoms with Gasteiger partial charge in [0.2, 0.25) is 0 Å². The first-order valence-corrected chi connectivity index (χ1v) is 9.03. The summed E-state index contributed by atoms with van der Waals surface area (Å²) in [7, 11) is 0. The van der Waals surface area contributed by atoms with Crippen LogP contribution in [0.4, 0.5) is 13.2 Å². The van der Waals surface area contributed by atoms with E-state index in [2.05, 4.69) is 10.3 Å². The number of carbonyl (C=O) groups excluding carboxylic acids is 1. The predicted molar refractivity (Wildman–Crippen MR) is 100 cm³/mol. The van der Waals surface area contributed by atoms with Gasteiger partial charge in [0.25, 0.3) is 5.91 Å². The van der Waals surface area contributed by atoms with Crippen LogP contribution in [0.2, 0.25) is 5.02 Å². The Bertz CT molecular complexity index is 1100. The minimum atomic E-state index is -4.71. The molecule has 0 saturated heterocycles. The highest BCUT2D eigenvalue weighted by Gasteiger charge is 2.37. The molecule has 1 aliphatic rings. The van der Waals surface area contributed by atoms with E-state index in [1.807, 2.05) is 0 Å². The zero-order chi connectivity index (χ0) is 20.6. The van der Waals surface area contributed by atoms with Crippen LogP contribution in [0.5, 0.6) is 11.5 Å². The molecule has 1 aromatic heterocycles. The molecule has 9 heteroatoms. The zero-order valence-electron chi connectivity index (χ0n) is 14.8. The highest BCUT2D eigenvalue weighted by molar-refractivity contribution is 6.32. The average molecular weight is 423 g/mol. The number of hydrogen-bond donors (Lipinski definition) is 1. The molecule has 1 amide bonds. The van der Waals surface area contributed by atoms with Gasteiger partial charge in [-0.3, -0.25) is 9.78 Å². The number of pyridine rings is 1. The number of ether oxygens (including phenoxy) is 2. The number of aromatic nitrogens is 1. The standard InChI is InChI=1S/C20H14ClF3N2O3/c21-14-7-11(8-16-18(14)29-6-5-28-16)9-26-19(27)13-10-25-15-4-2-1-3-12(15)17(13)20(22,23)24/h1-4,7-8,10H,5-6,9H2,(H,26,27). The monoisotopic (exact) mass is 422 g/mol. The van der Waals surface area contributed by atoms with E-state index in [0.29, 0.717) is 35.3 Å². The summed E-state index contributed by atoms with van der Waals surface area (Å²) >= 11 is 6.15. The van der Waals surface area contributed by atoms with Gasteiger partial charge in [-0.1, -0.05) is 29.8 Å². The lowest BCUT2D eigenvalue weighted by Gasteiger charge is -2.20. The van der Waals surface area contributed by atoms with E-state index in [4.69, 9.17) is 21.1 Å². The Kier molecular flexibility index (Phi) is 4.96. The van der Waals surface area contributed by atoms with E-state index in [1.54, 1.807) is 18.2 Å². The lowest BCUT2D eigenvalue weighted by molar-refractivity contribution is -0.136. The van der Waals surface area contributed by atoms with Crippen LogP contribution in [-0.4, -0.2) is 24.1 Å². The van der Waals surface area contributed by atoms with Crippen molar-refractivity contribution < 1.29 is 27.4 Å². The molecule has 0 atom stereocenters. The van der Waals surface area contributed by atoms with Crippen molar-refractivity contribution in [2.75, 3.05) is 13.2 Å². The molecule has 0 radical (unpaired) electrons. The van der Waals surface area contributed by atoms with Gasteiger partial charge in [0.05, 0.1) is 21.7 Å². The number of amides is 1. The van der Waals surface area contributed by atoms with E-state index in [9.17, 15) is 18.0 Å². The van der Waals surface area contributed by atoms with Gasteiger partial charge in [0.1, 0.15) is 13.2 Å². The molecular weight excluding hydrogens is 409 g/mol. The highest BCUT2D eigenvalue weighted by Crippen LogP contribution is 2.39. The fraction of sp³-hybridized carbons (Fsp3) is 0.200. The van der Waals surface area contributed by atoms with Gasteiger partial charge >= 0.3 is 6.18 Å². The molecule has 5 nitrogen and oxygen atoms in total. The van der Waals surface area contributed by atoms with Crippen LogP contribution in [0.25, 0.3) is 10.9 Å². The number of benzene rings is 2. The molecule has 2 aromatic carbocycles. The molecule has 2 heterocycles. The Labute approximate surface area is 168 Å². The van der Waals surface area contributed by atoms with Gasteiger partial charge in [0, 0.05) is 18.1 Å². The molecule has 0 spiro atoms. The Morgan fingerprint density at radius 3 is 2.72 bits per heavy atom. The molecule has 3 aromatic rings. The summed E-state index contributed by atoms with van der Waals surface area (Å²) in [6.45, 7) is 0.689. The van der Waals surface area contributed by atoms with Crippen LogP contribution in [0.3, 0.4) is 0 Å². The van der Waals surface area contributed by atoms with Crippen LogP contribution in [-0.2, 0) is 12.7 Å². The van der Waals surface area contributed by atoms with Gasteiger partial charge in [0.15, 0.2) is 11.5 Å². The molecule has 0 bridgehead atoms. The van der Waals surface area contributed by atoms with Crippen LogP contribution < -0.4 is 14.8 Å². The summed E-state index contributed by atoms with van der Waals surface area (Å²) in [6.07, 6.45) is -3.77. The third kappa shape index (κ3) is 3.80. The van der Waals surface area contributed by atoms with Gasteiger partial charge in [-0.25, -0.2) is 0 Å². The number of halogens is 4. The van der Waals surface area contributed by atoms with E-state index in [0.717, 1.165) is 6.20 Å². The van der Waals surface area contributed by atoms with E-state index in [1.165, 1.54) is 18.2 Å². The maximum Gasteiger partial charge on any atom is 0.417 e. The summed E-state index contributed by atoms with van der Waals surface area (Å²) in [5.74, 6) is -0.0518. The van der Waals surface area contributed by atoms with Crippen molar-refractivity contribution in [3.05, 3.63) is 64.3 Å². The molecule has 0 saturated carbocycles. The number of carbonyl (C=O) groups is 1. The first kappa shape index (κ1) is 19.3. The maximum atomic E-state index is 13.7. The molecular formula is C20H14ClF3N2O3. The Hall–Kier alpha value is -3.00. The van der Waals surface area contributed by atoms with Crippen molar-refractivity contribution in [1.82, 2.24) is 10.3 Å². The van der Waals surface area contributed by atoms with Crippen molar-refractivity contribution in [3.63, 3.8) is 0 Å². The summed E-state index contributed by atoms with van der Waals surface area (Å²) < 4.78 is 52.0. The second kappa shape index (κ2) is 7.44. The topological polar surface area (TPSA) is 60.5 Å². The normalized spacial score (nSPS) is 13.4. The van der Waals surface area contributed by atoms with Crippen LogP contribution in [0.1, 0.15) is 21.5 Å². The quantitative estimate of drug-likeness (QED) is 0.669. The highest BCUT2D eigenvalue weighted by atomic mass is 35.5.